The minimum atomic E-state index is -0.187. The molecule has 2 aliphatic rings. The van der Waals surface area contributed by atoms with Crippen LogP contribution in [-0.4, -0.2) is 17.0 Å². The van der Waals surface area contributed by atoms with Gasteiger partial charge in [-0.25, -0.2) is 0 Å². The highest BCUT2D eigenvalue weighted by atomic mass is 16.3. The molecule has 2 rings (SSSR count). The molecule has 2 heteroatoms. The fourth-order valence-corrected chi connectivity index (χ4v) is 2.73. The van der Waals surface area contributed by atoms with Crippen LogP contribution in [0, 0.1) is 11.8 Å². The molecule has 3 unspecified atom stereocenters. The Hall–Kier alpha value is -0.370. The molecule has 2 nitrogen and oxygen atoms in total. The summed E-state index contributed by atoms with van der Waals surface area (Å²) in [6.07, 6.45) is 5.61. The molecule has 0 heterocycles. The molecule has 0 bridgehead atoms. The van der Waals surface area contributed by atoms with Crippen LogP contribution in [0.4, 0.5) is 0 Å². The van der Waals surface area contributed by atoms with E-state index >= 15 is 0 Å². The zero-order chi connectivity index (χ0) is 8.55. The van der Waals surface area contributed by atoms with E-state index in [-0.39, 0.29) is 12.0 Å². The van der Waals surface area contributed by atoms with Gasteiger partial charge in [0.15, 0.2) is 0 Å². The molecule has 2 saturated carbocycles. The Kier molecular flexibility index (Phi) is 2.18. The van der Waals surface area contributed by atoms with Crippen LogP contribution in [0.2, 0.25) is 0 Å². The molecule has 12 heavy (non-hydrogen) atoms. The van der Waals surface area contributed by atoms with E-state index < -0.39 is 0 Å². The van der Waals surface area contributed by atoms with Crippen molar-refractivity contribution >= 4 is 5.78 Å². The number of rotatable bonds is 0. The molecule has 0 aromatic rings. The standard InChI is InChI=1S/C10H16O2/c11-9-5-1-3-7-8(9)4-2-6-10(7)12/h7-9,11H,1-6H2. The van der Waals surface area contributed by atoms with Crippen LogP contribution in [0.25, 0.3) is 0 Å². The van der Waals surface area contributed by atoms with Crippen LogP contribution in [0.3, 0.4) is 0 Å². The second-order valence-electron chi connectivity index (χ2n) is 4.13. The molecule has 2 fully saturated rings. The van der Waals surface area contributed by atoms with E-state index in [0.29, 0.717) is 11.7 Å². The highest BCUT2D eigenvalue weighted by Crippen LogP contribution is 2.38. The van der Waals surface area contributed by atoms with Crippen molar-refractivity contribution in [3.05, 3.63) is 0 Å². The van der Waals surface area contributed by atoms with Crippen molar-refractivity contribution in [2.24, 2.45) is 11.8 Å². The highest BCUT2D eigenvalue weighted by molar-refractivity contribution is 5.82. The van der Waals surface area contributed by atoms with E-state index in [1.807, 2.05) is 0 Å². The smallest absolute Gasteiger partial charge is 0.136 e. The summed E-state index contributed by atoms with van der Waals surface area (Å²) in [4.78, 5) is 11.5. The zero-order valence-corrected chi connectivity index (χ0v) is 7.33. The molecule has 1 N–H and O–H groups in total. The molecule has 0 saturated heterocycles. The third kappa shape index (κ3) is 1.28. The molecule has 0 radical (unpaired) electrons. The number of aliphatic hydroxyl groups excluding tert-OH is 1. The highest BCUT2D eigenvalue weighted by Gasteiger charge is 2.38. The van der Waals surface area contributed by atoms with E-state index in [1.54, 1.807) is 0 Å². The topological polar surface area (TPSA) is 37.3 Å². The number of ketones is 1. The van der Waals surface area contributed by atoms with Gasteiger partial charge in [0, 0.05) is 12.3 Å². The van der Waals surface area contributed by atoms with Crippen molar-refractivity contribution in [2.45, 2.75) is 44.6 Å². The Labute approximate surface area is 73.0 Å². The summed E-state index contributed by atoms with van der Waals surface area (Å²) in [6.45, 7) is 0. The van der Waals surface area contributed by atoms with Crippen LogP contribution in [0.15, 0.2) is 0 Å². The monoisotopic (exact) mass is 168 g/mol. The van der Waals surface area contributed by atoms with Gasteiger partial charge in [-0.05, 0) is 31.6 Å². The number of hydrogen-bond donors (Lipinski definition) is 1. The van der Waals surface area contributed by atoms with Crippen molar-refractivity contribution in [3.8, 4) is 0 Å². The Bertz CT molecular complexity index is 188. The normalized spacial score (nSPS) is 42.4. The Morgan fingerprint density at radius 3 is 2.75 bits per heavy atom. The first-order valence-electron chi connectivity index (χ1n) is 5.00. The first-order valence-corrected chi connectivity index (χ1v) is 5.00. The maximum atomic E-state index is 11.5. The number of fused-ring (bicyclic) bond motifs is 1. The molecular weight excluding hydrogens is 152 g/mol. The van der Waals surface area contributed by atoms with Gasteiger partial charge in [-0.1, -0.05) is 6.42 Å². The van der Waals surface area contributed by atoms with Gasteiger partial charge >= 0.3 is 0 Å². The van der Waals surface area contributed by atoms with Gasteiger partial charge in [-0.3, -0.25) is 4.79 Å². The number of hydrogen-bond acceptors (Lipinski definition) is 2. The van der Waals surface area contributed by atoms with E-state index in [1.165, 1.54) is 0 Å². The predicted molar refractivity (Wildman–Crippen MR) is 45.7 cm³/mol. The van der Waals surface area contributed by atoms with Crippen LogP contribution >= 0.6 is 0 Å². The lowest BCUT2D eigenvalue weighted by Crippen LogP contribution is -2.39. The van der Waals surface area contributed by atoms with Gasteiger partial charge in [0.2, 0.25) is 0 Å². The lowest BCUT2D eigenvalue weighted by Gasteiger charge is -2.37. The molecule has 0 spiro atoms. The summed E-state index contributed by atoms with van der Waals surface area (Å²) in [5.74, 6) is 0.924. The molecular formula is C10H16O2. The average Bonchev–Trinajstić information content (AvgIpc) is 2.07. The van der Waals surface area contributed by atoms with Gasteiger partial charge in [0.1, 0.15) is 5.78 Å². The maximum Gasteiger partial charge on any atom is 0.136 e. The fraction of sp³-hybridized carbons (Fsp3) is 0.900. The van der Waals surface area contributed by atoms with Gasteiger partial charge in [-0.2, -0.15) is 0 Å². The number of Topliss-reactive ketones (excluding diaryl/α,β-unsaturated/α-hetero) is 1. The van der Waals surface area contributed by atoms with Crippen LogP contribution in [0.1, 0.15) is 38.5 Å². The number of carbonyl (C=O) groups is 1. The predicted octanol–water partition coefficient (Wildman–Crippen LogP) is 1.52. The minimum absolute atomic E-state index is 0.187. The molecule has 2 aliphatic carbocycles. The lowest BCUT2D eigenvalue weighted by molar-refractivity contribution is -0.131. The molecule has 0 aromatic carbocycles. The third-order valence-electron chi connectivity index (χ3n) is 3.40. The van der Waals surface area contributed by atoms with E-state index in [9.17, 15) is 9.90 Å². The Balaban J connectivity index is 2.10. The van der Waals surface area contributed by atoms with Gasteiger partial charge in [0.05, 0.1) is 6.10 Å². The van der Waals surface area contributed by atoms with E-state index in [4.69, 9.17) is 0 Å². The quantitative estimate of drug-likeness (QED) is 0.595. The molecule has 0 aromatic heterocycles. The summed E-state index contributed by atoms with van der Waals surface area (Å²) >= 11 is 0. The molecule has 3 atom stereocenters. The Morgan fingerprint density at radius 1 is 1.17 bits per heavy atom. The first-order chi connectivity index (χ1) is 5.79. The first kappa shape index (κ1) is 8.24. The van der Waals surface area contributed by atoms with E-state index in [2.05, 4.69) is 0 Å². The second kappa shape index (κ2) is 3.17. The minimum Gasteiger partial charge on any atom is -0.393 e. The van der Waals surface area contributed by atoms with Crippen molar-refractivity contribution in [1.82, 2.24) is 0 Å². The largest absolute Gasteiger partial charge is 0.393 e. The molecule has 0 amide bonds. The summed E-state index contributed by atoms with van der Waals surface area (Å²) in [7, 11) is 0. The van der Waals surface area contributed by atoms with Crippen molar-refractivity contribution in [2.75, 3.05) is 0 Å². The number of carbonyl (C=O) groups excluding carboxylic acids is 1. The van der Waals surface area contributed by atoms with Crippen LogP contribution in [-0.2, 0) is 4.79 Å². The zero-order valence-electron chi connectivity index (χ0n) is 7.33. The van der Waals surface area contributed by atoms with Crippen LogP contribution < -0.4 is 0 Å². The van der Waals surface area contributed by atoms with Gasteiger partial charge in [-0.15, -0.1) is 0 Å². The van der Waals surface area contributed by atoms with E-state index in [0.717, 1.165) is 38.5 Å². The third-order valence-corrected chi connectivity index (χ3v) is 3.40. The van der Waals surface area contributed by atoms with Crippen LogP contribution in [0.5, 0.6) is 0 Å². The summed E-state index contributed by atoms with van der Waals surface area (Å²) in [6, 6.07) is 0. The Morgan fingerprint density at radius 2 is 2.00 bits per heavy atom. The van der Waals surface area contributed by atoms with Gasteiger partial charge in [0.25, 0.3) is 0 Å². The summed E-state index contributed by atoms with van der Waals surface area (Å²) in [5, 5.41) is 9.67. The average molecular weight is 168 g/mol. The van der Waals surface area contributed by atoms with Crippen molar-refractivity contribution < 1.29 is 9.90 Å². The van der Waals surface area contributed by atoms with Crippen molar-refractivity contribution in [3.63, 3.8) is 0 Å². The lowest BCUT2D eigenvalue weighted by atomic mass is 9.69. The summed E-state index contributed by atoms with van der Waals surface area (Å²) < 4.78 is 0. The number of aliphatic hydroxyl groups is 1. The van der Waals surface area contributed by atoms with Gasteiger partial charge < -0.3 is 5.11 Å². The fourth-order valence-electron chi connectivity index (χ4n) is 2.73. The second-order valence-corrected chi connectivity index (χ2v) is 4.13. The summed E-state index contributed by atoms with van der Waals surface area (Å²) in [5.41, 5.74) is 0. The van der Waals surface area contributed by atoms with Crippen molar-refractivity contribution in [1.29, 1.82) is 0 Å². The molecule has 0 aliphatic heterocycles. The maximum absolute atomic E-state index is 11.5. The molecule has 68 valence electrons. The SMILES string of the molecule is O=C1CCCC2C(O)CCCC12.